The summed E-state index contributed by atoms with van der Waals surface area (Å²) in [7, 11) is -30.8. The van der Waals surface area contributed by atoms with Crippen LogP contribution in [0.1, 0.15) is 7.43 Å². The van der Waals surface area contributed by atoms with Gasteiger partial charge in [0.05, 0.1) is 6.29 Å². The highest BCUT2D eigenvalue weighted by Crippen LogP contribution is 2.49. The number of sulfonamides is 5. The molecule has 4 aromatic carbocycles. The second-order valence-corrected chi connectivity index (χ2v) is 59.7. The molecule has 1 atom stereocenters. The highest BCUT2D eigenvalue weighted by Gasteiger charge is 2.32. The number of phenols is 1. The van der Waals surface area contributed by atoms with E-state index in [1.165, 1.54) is 105 Å². The average molecular weight is 2080 g/mol. The summed E-state index contributed by atoms with van der Waals surface area (Å²) in [5.74, 6) is 0.579. The highest BCUT2D eigenvalue weighted by molar-refractivity contribution is 9.26. The maximum atomic E-state index is 13.3. The Morgan fingerprint density at radius 3 is 0.939 bits per heavy atom. The van der Waals surface area contributed by atoms with E-state index in [1.54, 1.807) is 111 Å². The van der Waals surface area contributed by atoms with E-state index in [4.69, 9.17) is 90.7 Å². The van der Waals surface area contributed by atoms with Crippen molar-refractivity contribution in [3.8, 4) is 23.0 Å². The maximum Gasteiger partial charge on any atom is 0.445 e. The molecular weight excluding hydrogens is 2000 g/mol. The summed E-state index contributed by atoms with van der Waals surface area (Å²) in [5.41, 5.74) is 0. The van der Waals surface area contributed by atoms with Crippen LogP contribution >= 0.6 is 171 Å². The first kappa shape index (κ1) is 113. The van der Waals surface area contributed by atoms with Gasteiger partial charge in [0.25, 0.3) is 49.1 Å². The molecule has 0 aliphatic rings. The van der Waals surface area contributed by atoms with Gasteiger partial charge in [-0.2, -0.15) is 14.2 Å². The van der Waals surface area contributed by atoms with Crippen molar-refractivity contribution in [2.24, 2.45) is 5.14 Å². The highest BCUT2D eigenvalue weighted by atomic mass is 79.9. The summed E-state index contributed by atoms with van der Waals surface area (Å²) in [4.78, 5) is 28.7. The van der Waals surface area contributed by atoms with Gasteiger partial charge >= 0.3 is 22.8 Å². The Balaban J connectivity index is 0. The van der Waals surface area contributed by atoms with Crippen molar-refractivity contribution >= 4 is 237 Å². The fourth-order valence-corrected chi connectivity index (χ4v) is 24.3. The number of hydrogen-bond acceptors (Lipinski definition) is 30. The van der Waals surface area contributed by atoms with Gasteiger partial charge in [0, 0.05) is 45.0 Å². The van der Waals surface area contributed by atoms with Crippen LogP contribution in [0.15, 0.2) is 227 Å². The summed E-state index contributed by atoms with van der Waals surface area (Å²) in [6.07, 6.45) is -2.71. The van der Waals surface area contributed by atoms with Crippen molar-refractivity contribution in [2.75, 3.05) is 39.4 Å². The number of phenolic OH excluding ortho intramolecular Hbond substituents is 1. The van der Waals surface area contributed by atoms with Crippen molar-refractivity contribution < 1.29 is 117 Å². The number of thiophene rings is 6. The fraction of sp³-hybridized carbons (Fsp3) is 0.172. The van der Waals surface area contributed by atoms with Gasteiger partial charge in [-0.25, -0.2) is 64.9 Å². The molecule has 0 radical (unpaired) electrons. The van der Waals surface area contributed by atoms with Crippen LogP contribution in [-0.4, -0.2) is 117 Å². The third-order valence-corrected chi connectivity index (χ3v) is 34.0. The van der Waals surface area contributed by atoms with Gasteiger partial charge in [0.2, 0.25) is 10.0 Å². The predicted octanol–water partition coefficient (Wildman–Crippen LogP) is 16.2. The number of benzene rings is 4. The van der Waals surface area contributed by atoms with E-state index < -0.39 is 115 Å². The summed E-state index contributed by atoms with van der Waals surface area (Å²) < 4.78 is 217. The van der Waals surface area contributed by atoms with Gasteiger partial charge in [-0.1, -0.05) is 134 Å². The molecule has 640 valence electrons. The van der Waals surface area contributed by atoms with Gasteiger partial charge in [-0.15, -0.1) is 83.3 Å². The number of halogens is 6. The normalized spacial score (nSPS) is 12.0. The first-order valence-corrected chi connectivity index (χ1v) is 58.4. The van der Waals surface area contributed by atoms with Crippen LogP contribution in [0.2, 0.25) is 39.7 Å². The second-order valence-electron chi connectivity index (χ2n) is 20.9. The molecule has 10 rings (SSSR count). The molecule has 10 aromatic rings. The molecule has 18 N–H and O–H groups in total. The number of aromatic hydroxyl groups is 1. The maximum absolute atomic E-state index is 13.3. The monoisotopic (exact) mass is 2080 g/mol. The van der Waals surface area contributed by atoms with Crippen LogP contribution in [-0.2, 0) is 86.5 Å². The summed E-state index contributed by atoms with van der Waals surface area (Å²) in [5, 5.41) is 24.8. The van der Waals surface area contributed by atoms with E-state index >= 15 is 0 Å². The Morgan fingerprint density at radius 2 is 0.711 bits per heavy atom. The van der Waals surface area contributed by atoms with Crippen molar-refractivity contribution in [1.82, 2.24) is 31.2 Å². The van der Waals surface area contributed by atoms with Gasteiger partial charge in [-0.3, -0.25) is 13.7 Å². The number of nitrogens with two attached hydrogens (primary N) is 1. The molecule has 0 spiro atoms. The molecule has 0 saturated heterocycles. The van der Waals surface area contributed by atoms with E-state index in [2.05, 4.69) is 53.4 Å². The first-order valence-electron chi connectivity index (χ1n) is 29.1. The zero-order valence-electron chi connectivity index (χ0n) is 59.0. The van der Waals surface area contributed by atoms with Gasteiger partial charge in [0.15, 0.2) is 7.60 Å². The standard InChI is InChI=1S/C17H14Cl2NO5PS2.C11H11ClNO5PS2.C7H12NO5PS2.C6H5ClO.C5H8NO5PS2.C4H3ClO2S2.C4H5NO2S2.C3H9BrSi.CH4.2H3N.H2O/c18-13-4-1-6-15(10-13)24-26(21,25-16-7-2-5-14(19)11-16)12-20-28(22,23)17-8-3-9-27-17;12-9-3-1-4-10(7-9)18-19(14,15)8-13-21(16,17)11-5-2-6-20-11;1-12-14(9,13-2)6-8-16(10,11)7-4-3-5-15-7;7-5-2-1-3-6(8)4-5;7-12(8,9)4-6-14(10,11)5-2-1-3-13-5;2*5-9(6,7)4-2-1-3-8-4;1-5(2,3)4;;;;/h1-11,20H,12H2;1-7,13H,8H2,(H,14,15);3-5,8H,6H2,1-2H3;1-4,8H;1-3,6H,4H2,(H2,7,8,9);1-3H;1-3H,(H2,5,6,7);1-3H3;1H4;2*1H3;1H2. The van der Waals surface area contributed by atoms with Crippen LogP contribution in [0.4, 0.5) is 0 Å². The minimum Gasteiger partial charge on any atom is -0.768 e. The number of nitrogens with one attached hydrogen (secondary N) is 4. The van der Waals surface area contributed by atoms with Crippen molar-refractivity contribution in [2.45, 2.75) is 52.3 Å². The molecular formula is C58H79BrCl5N7O26P4S12Si. The Hall–Kier alpha value is -3.47. The molecule has 0 bridgehead atoms. The van der Waals surface area contributed by atoms with E-state index in [9.17, 15) is 73.7 Å². The number of rotatable bonds is 26. The Morgan fingerprint density at radius 1 is 0.447 bits per heavy atom. The second kappa shape index (κ2) is 52.0. The predicted molar refractivity (Wildman–Crippen MR) is 463 cm³/mol. The van der Waals surface area contributed by atoms with Crippen molar-refractivity contribution in [3.63, 3.8) is 0 Å². The smallest absolute Gasteiger partial charge is 0.445 e. The van der Waals surface area contributed by atoms with E-state index in [0.717, 1.165) is 68.0 Å². The van der Waals surface area contributed by atoms with Gasteiger partial charge in [-0.05, 0) is 141 Å². The lowest BCUT2D eigenvalue weighted by Gasteiger charge is -2.24. The first-order chi connectivity index (χ1) is 50.8. The molecule has 114 heavy (non-hydrogen) atoms. The van der Waals surface area contributed by atoms with Gasteiger partial charge < -0.3 is 60.2 Å². The summed E-state index contributed by atoms with van der Waals surface area (Å²) in [6.45, 7) is 5.93. The number of primary sulfonamides is 1. The van der Waals surface area contributed by atoms with Crippen molar-refractivity contribution in [3.05, 3.63) is 222 Å². The number of hydrogen-bond donors (Lipinski definition) is 10. The van der Waals surface area contributed by atoms with Crippen LogP contribution in [0.25, 0.3) is 0 Å². The third kappa shape index (κ3) is 46.9. The Kier molecular flexibility index (Phi) is 51.3. The molecule has 6 aromatic heterocycles. The number of quaternary nitrogens is 1. The summed E-state index contributed by atoms with van der Waals surface area (Å²) >= 11 is 32.9. The van der Waals surface area contributed by atoms with E-state index in [1.807, 2.05) is 9.44 Å². The van der Waals surface area contributed by atoms with Crippen LogP contribution in [0.5, 0.6) is 23.0 Å². The molecule has 0 amide bonds. The lowest BCUT2D eigenvalue weighted by atomic mass is 10.3. The minimum atomic E-state index is -4.43. The molecule has 0 fully saturated rings. The zero-order chi connectivity index (χ0) is 83.1. The zero-order valence-corrected chi connectivity index (χ0v) is 78.8. The van der Waals surface area contributed by atoms with E-state index in [-0.39, 0.29) is 79.7 Å². The molecule has 56 heteroatoms. The Bertz CT molecular complexity index is 5250. The topological polar surface area (TPSA) is 580 Å². The molecule has 0 aliphatic carbocycles. The van der Waals surface area contributed by atoms with Crippen molar-refractivity contribution in [1.29, 1.82) is 0 Å². The molecule has 33 nitrogen and oxygen atoms in total. The van der Waals surface area contributed by atoms with Crippen LogP contribution in [0, 0.1) is 0 Å². The third-order valence-electron chi connectivity index (χ3n) is 10.8. The molecule has 1 unspecified atom stereocenters. The lowest BCUT2D eigenvalue weighted by molar-refractivity contribution is -0.191. The quantitative estimate of drug-likeness (QED) is 0.0104. The fourth-order valence-electron chi connectivity index (χ4n) is 6.29. The van der Waals surface area contributed by atoms with Crippen LogP contribution < -0.4 is 54.8 Å². The SMILES string of the molecule is C.COP(=O)(CNS(=O)(=O)c1cccs1)OC.C[Si](C)(C)Br.N.NS(=O)(=O)c1cccs1.O.O=P(CNS(=O)(=O)c1cccs1)(Oc1cccc(Cl)c1)Oc1cccc(Cl)c1.O=P(O)(O)CNS(=O)(=O)c1cccs1.O=P([O-])(CNS(=O)(=O)c1cccs1)Oc1cccc(Cl)c1.O=S(=O)(Cl)c1cccs1.Oc1cccc(Cl)c1.[NH4+]. The molecule has 0 saturated carbocycles. The minimum absolute atomic E-state index is 0. The Labute approximate surface area is 719 Å². The lowest BCUT2D eigenvalue weighted by Crippen LogP contribution is -2.28. The largest absolute Gasteiger partial charge is 0.768 e. The van der Waals surface area contributed by atoms with Crippen LogP contribution in [0.3, 0.4) is 0 Å². The summed E-state index contributed by atoms with van der Waals surface area (Å²) in [6, 6.07) is 42.9. The average Bonchev–Trinajstić information content (AvgIpc) is 1.47. The molecule has 6 heterocycles. The molecule has 0 aliphatic heterocycles. The van der Waals surface area contributed by atoms with Gasteiger partial charge in [0.1, 0.15) is 73.8 Å². The van der Waals surface area contributed by atoms with E-state index in [0.29, 0.717) is 20.1 Å².